The highest BCUT2D eigenvalue weighted by Gasteiger charge is 2.13. The van der Waals surface area contributed by atoms with Gasteiger partial charge in [-0.05, 0) is 18.4 Å². The third-order valence-corrected chi connectivity index (χ3v) is 2.80. The number of halogens is 2. The van der Waals surface area contributed by atoms with Crippen LogP contribution >= 0.6 is 24.0 Å². The summed E-state index contributed by atoms with van der Waals surface area (Å²) >= 11 is 6.32. The minimum atomic E-state index is -2.52. The smallest absolute Gasteiger partial charge is 0.272 e. The van der Waals surface area contributed by atoms with Crippen LogP contribution in [0.25, 0.3) is 0 Å². The first-order chi connectivity index (χ1) is 7.56. The van der Waals surface area contributed by atoms with Crippen molar-refractivity contribution in [3.63, 3.8) is 0 Å². The summed E-state index contributed by atoms with van der Waals surface area (Å²) in [5.41, 5.74) is 6.07. The third kappa shape index (κ3) is 3.31. The Hall–Kier alpha value is -0.880. The molecule has 88 valence electrons. The molecule has 0 aromatic heterocycles. The molecule has 0 spiro atoms. The maximum Gasteiger partial charge on any atom is 0.272 e. The van der Waals surface area contributed by atoms with Crippen molar-refractivity contribution in [3.8, 4) is 5.75 Å². The summed E-state index contributed by atoms with van der Waals surface area (Å²) in [6, 6.07) is 5.11. The summed E-state index contributed by atoms with van der Waals surface area (Å²) in [4.78, 5) is 0.966. The molecule has 2 N–H and O–H groups in total. The van der Waals surface area contributed by atoms with Gasteiger partial charge in [0.1, 0.15) is 17.3 Å². The van der Waals surface area contributed by atoms with Crippen LogP contribution in [0.5, 0.6) is 5.75 Å². The first kappa shape index (κ1) is 13.2. The summed E-state index contributed by atoms with van der Waals surface area (Å²) in [7, 11) is 0. The molecular formula is C10H11F2NOS2. The SMILES string of the molecule is CSc1cccc(OCC(F)F)c1C(N)=S. The molecule has 1 aromatic rings. The molecular weight excluding hydrogens is 252 g/mol. The lowest BCUT2D eigenvalue weighted by molar-refractivity contribution is 0.0817. The number of ether oxygens (including phenoxy) is 1. The van der Waals surface area contributed by atoms with Gasteiger partial charge in [-0.25, -0.2) is 8.78 Å². The average Bonchev–Trinajstić information content (AvgIpc) is 2.25. The van der Waals surface area contributed by atoms with Gasteiger partial charge in [-0.2, -0.15) is 0 Å². The summed E-state index contributed by atoms with van der Waals surface area (Å²) in [5.74, 6) is 0.305. The molecule has 0 bridgehead atoms. The van der Waals surface area contributed by atoms with Crippen molar-refractivity contribution in [1.29, 1.82) is 0 Å². The molecule has 0 amide bonds. The minimum absolute atomic E-state index is 0.147. The minimum Gasteiger partial charge on any atom is -0.487 e. The van der Waals surface area contributed by atoms with Crippen LogP contribution in [-0.2, 0) is 0 Å². The fourth-order valence-electron chi connectivity index (χ4n) is 1.20. The fraction of sp³-hybridized carbons (Fsp3) is 0.300. The summed E-state index contributed by atoms with van der Waals surface area (Å²) in [6.07, 6.45) is -0.661. The Labute approximate surface area is 102 Å². The average molecular weight is 263 g/mol. The fourth-order valence-corrected chi connectivity index (χ4v) is 2.10. The van der Waals surface area contributed by atoms with Crippen LogP contribution in [-0.4, -0.2) is 24.3 Å². The zero-order valence-electron chi connectivity index (χ0n) is 8.57. The standard InChI is InChI=1S/C10H11F2NOS2/c1-16-7-4-2-3-6(9(7)10(13)15)14-5-8(11)12/h2-4,8H,5H2,1H3,(H2,13,15). The monoisotopic (exact) mass is 263 g/mol. The molecule has 0 saturated carbocycles. The van der Waals surface area contributed by atoms with E-state index >= 15 is 0 Å². The highest BCUT2D eigenvalue weighted by Crippen LogP contribution is 2.28. The van der Waals surface area contributed by atoms with E-state index in [9.17, 15) is 8.78 Å². The van der Waals surface area contributed by atoms with E-state index in [2.05, 4.69) is 0 Å². The van der Waals surface area contributed by atoms with E-state index in [1.54, 1.807) is 12.1 Å². The van der Waals surface area contributed by atoms with Crippen molar-refractivity contribution in [2.75, 3.05) is 12.9 Å². The van der Waals surface area contributed by atoms with Gasteiger partial charge in [0.25, 0.3) is 6.43 Å². The van der Waals surface area contributed by atoms with Crippen LogP contribution in [0.1, 0.15) is 5.56 Å². The molecule has 2 nitrogen and oxygen atoms in total. The van der Waals surface area contributed by atoms with Gasteiger partial charge >= 0.3 is 0 Å². The number of thiocarbonyl (C=S) groups is 1. The molecule has 16 heavy (non-hydrogen) atoms. The van der Waals surface area contributed by atoms with Gasteiger partial charge in [-0.15, -0.1) is 11.8 Å². The number of rotatable bonds is 5. The maximum atomic E-state index is 12.0. The van der Waals surface area contributed by atoms with Crippen molar-refractivity contribution < 1.29 is 13.5 Å². The van der Waals surface area contributed by atoms with E-state index in [0.717, 1.165) is 4.90 Å². The number of thioether (sulfide) groups is 1. The second kappa shape index (κ2) is 6.00. The van der Waals surface area contributed by atoms with E-state index in [1.807, 2.05) is 12.3 Å². The second-order valence-electron chi connectivity index (χ2n) is 2.90. The Morgan fingerprint density at radius 1 is 1.56 bits per heavy atom. The summed E-state index contributed by atoms with van der Waals surface area (Å²) in [6.45, 7) is -0.659. The quantitative estimate of drug-likeness (QED) is 0.654. The van der Waals surface area contributed by atoms with E-state index < -0.39 is 13.0 Å². The number of hydrogen-bond acceptors (Lipinski definition) is 3. The summed E-state index contributed by atoms with van der Waals surface area (Å²) < 4.78 is 29.1. The largest absolute Gasteiger partial charge is 0.487 e. The van der Waals surface area contributed by atoms with Crippen molar-refractivity contribution in [2.45, 2.75) is 11.3 Å². The third-order valence-electron chi connectivity index (χ3n) is 1.82. The van der Waals surface area contributed by atoms with Crippen molar-refractivity contribution in [1.82, 2.24) is 0 Å². The van der Waals surface area contributed by atoms with Gasteiger partial charge in [0.15, 0.2) is 0 Å². The zero-order valence-corrected chi connectivity index (χ0v) is 10.2. The van der Waals surface area contributed by atoms with Crippen molar-refractivity contribution in [2.24, 2.45) is 5.73 Å². The molecule has 0 fully saturated rings. The molecule has 0 radical (unpaired) electrons. The Balaban J connectivity index is 3.02. The first-order valence-electron chi connectivity index (χ1n) is 4.44. The molecule has 1 aromatic carbocycles. The van der Waals surface area contributed by atoms with Crippen molar-refractivity contribution >= 4 is 29.0 Å². The number of hydrogen-bond donors (Lipinski definition) is 1. The number of nitrogens with two attached hydrogens (primary N) is 1. The zero-order chi connectivity index (χ0) is 12.1. The molecule has 0 unspecified atom stereocenters. The lowest BCUT2D eigenvalue weighted by atomic mass is 10.2. The van der Waals surface area contributed by atoms with Gasteiger partial charge in [0.2, 0.25) is 0 Å². The highest BCUT2D eigenvalue weighted by atomic mass is 32.2. The molecule has 0 aliphatic carbocycles. The second-order valence-corrected chi connectivity index (χ2v) is 4.19. The lowest BCUT2D eigenvalue weighted by Gasteiger charge is -2.13. The van der Waals surface area contributed by atoms with Gasteiger partial charge in [0.05, 0.1) is 5.56 Å². The number of benzene rings is 1. The highest BCUT2D eigenvalue weighted by molar-refractivity contribution is 7.98. The van der Waals surface area contributed by atoms with Gasteiger partial charge in [-0.1, -0.05) is 18.3 Å². The van der Waals surface area contributed by atoms with Crippen LogP contribution in [0.15, 0.2) is 23.1 Å². The topological polar surface area (TPSA) is 35.2 Å². The Morgan fingerprint density at radius 3 is 2.75 bits per heavy atom. The van der Waals surface area contributed by atoms with E-state index in [1.165, 1.54) is 11.8 Å². The van der Waals surface area contributed by atoms with Crippen molar-refractivity contribution in [3.05, 3.63) is 23.8 Å². The van der Waals surface area contributed by atoms with Crippen LogP contribution < -0.4 is 10.5 Å². The van der Waals surface area contributed by atoms with Crippen LogP contribution in [0.4, 0.5) is 8.78 Å². The number of alkyl halides is 2. The van der Waals surface area contributed by atoms with E-state index in [0.29, 0.717) is 11.3 Å². The molecule has 0 aliphatic rings. The van der Waals surface area contributed by atoms with Gasteiger partial charge in [0, 0.05) is 4.90 Å². The van der Waals surface area contributed by atoms with Gasteiger partial charge in [-0.3, -0.25) is 0 Å². The summed E-state index contributed by atoms with van der Waals surface area (Å²) in [5, 5.41) is 0. The maximum absolute atomic E-state index is 12.0. The van der Waals surface area contributed by atoms with Crippen LogP contribution in [0.2, 0.25) is 0 Å². The Morgan fingerprint density at radius 2 is 2.25 bits per heavy atom. The normalized spacial score (nSPS) is 10.5. The van der Waals surface area contributed by atoms with E-state index in [-0.39, 0.29) is 4.99 Å². The lowest BCUT2D eigenvalue weighted by Crippen LogP contribution is -2.15. The Kier molecular flexibility index (Phi) is 4.95. The predicted octanol–water partition coefficient (Wildman–Crippen LogP) is 2.69. The van der Waals surface area contributed by atoms with Crippen LogP contribution in [0, 0.1) is 0 Å². The van der Waals surface area contributed by atoms with Gasteiger partial charge < -0.3 is 10.5 Å². The first-order valence-corrected chi connectivity index (χ1v) is 6.07. The molecule has 0 heterocycles. The predicted molar refractivity (Wildman–Crippen MR) is 65.6 cm³/mol. The molecule has 0 saturated heterocycles. The van der Waals surface area contributed by atoms with Crippen LogP contribution in [0.3, 0.4) is 0 Å². The molecule has 0 aliphatic heterocycles. The molecule has 0 atom stereocenters. The Bertz CT molecular complexity index is 385. The molecule has 1 rings (SSSR count). The molecule has 6 heteroatoms. The van der Waals surface area contributed by atoms with E-state index in [4.69, 9.17) is 22.7 Å².